The number of hydrogen-bond donors (Lipinski definition) is 1. The van der Waals surface area contributed by atoms with Crippen LogP contribution in [0.1, 0.15) is 36.4 Å². The molecule has 0 aromatic carbocycles. The second kappa shape index (κ2) is 6.12. The number of carbonyl (C=O) groups excluding carboxylic acids is 1. The maximum Gasteiger partial charge on any atom is 0.147 e. The maximum atomic E-state index is 10.5. The van der Waals surface area contributed by atoms with Crippen molar-refractivity contribution in [2.24, 2.45) is 0 Å². The van der Waals surface area contributed by atoms with Crippen molar-refractivity contribution < 1.29 is 14.8 Å². The second-order valence-electron chi connectivity index (χ2n) is 4.62. The van der Waals surface area contributed by atoms with Crippen LogP contribution in [0.3, 0.4) is 0 Å². The third-order valence-corrected chi connectivity index (χ3v) is 4.03. The molecule has 0 amide bonds. The summed E-state index contributed by atoms with van der Waals surface area (Å²) in [6, 6.07) is 0. The Morgan fingerprint density at radius 2 is 2.06 bits per heavy atom. The summed E-state index contributed by atoms with van der Waals surface area (Å²) in [5.41, 5.74) is 0.638. The van der Waals surface area contributed by atoms with Gasteiger partial charge >= 0.3 is 0 Å². The number of nitrogens with zero attached hydrogens (tertiary/aromatic N) is 1. The molecule has 2 heterocycles. The van der Waals surface area contributed by atoms with E-state index >= 15 is 0 Å². The van der Waals surface area contributed by atoms with Crippen molar-refractivity contribution >= 4 is 17.3 Å². The largest absolute Gasteiger partial charge is 0.550 e. The van der Waals surface area contributed by atoms with Crippen LogP contribution in [0.25, 0.3) is 0 Å². The van der Waals surface area contributed by atoms with Gasteiger partial charge in [-0.2, -0.15) is 0 Å². The molecule has 0 saturated carbocycles. The van der Waals surface area contributed by atoms with Gasteiger partial charge in [0.1, 0.15) is 11.6 Å². The van der Waals surface area contributed by atoms with Crippen molar-refractivity contribution in [1.82, 2.24) is 4.98 Å². The number of aliphatic carboxylic acids is 1. The van der Waals surface area contributed by atoms with Crippen LogP contribution in [0.4, 0.5) is 0 Å². The molecular formula is C12H18N2O2S. The number of carboxylic acid groups (broad SMARTS) is 1. The van der Waals surface area contributed by atoms with Crippen molar-refractivity contribution in [3.63, 3.8) is 0 Å². The highest BCUT2D eigenvalue weighted by molar-refractivity contribution is 7.09. The first-order valence-corrected chi connectivity index (χ1v) is 7.08. The highest BCUT2D eigenvalue weighted by Gasteiger charge is 2.14. The van der Waals surface area contributed by atoms with Crippen molar-refractivity contribution in [2.75, 3.05) is 13.1 Å². The Morgan fingerprint density at radius 3 is 2.71 bits per heavy atom. The Morgan fingerprint density at radius 1 is 1.35 bits per heavy atom. The molecule has 0 spiro atoms. The number of aromatic nitrogens is 1. The second-order valence-corrected chi connectivity index (χ2v) is 5.57. The predicted molar refractivity (Wildman–Crippen MR) is 63.7 cm³/mol. The number of thiazole rings is 1. The van der Waals surface area contributed by atoms with Gasteiger partial charge in [-0.3, -0.25) is 0 Å². The Bertz CT molecular complexity index is 370. The molecular weight excluding hydrogens is 236 g/mol. The molecule has 17 heavy (non-hydrogen) atoms. The first kappa shape index (κ1) is 12.5. The highest BCUT2D eigenvalue weighted by atomic mass is 32.1. The number of hydrogen-bond acceptors (Lipinski definition) is 4. The molecule has 0 bridgehead atoms. The molecule has 1 aliphatic heterocycles. The van der Waals surface area contributed by atoms with Gasteiger partial charge in [-0.15, -0.1) is 11.3 Å². The Labute approximate surface area is 105 Å². The third-order valence-electron chi connectivity index (χ3n) is 3.14. The molecule has 5 heteroatoms. The summed E-state index contributed by atoms with van der Waals surface area (Å²) in [5.74, 6) is -1.05. The van der Waals surface area contributed by atoms with E-state index < -0.39 is 5.97 Å². The van der Waals surface area contributed by atoms with Gasteiger partial charge < -0.3 is 14.8 Å². The molecule has 0 unspecified atom stereocenters. The fourth-order valence-corrected chi connectivity index (χ4v) is 3.14. The van der Waals surface area contributed by atoms with Gasteiger partial charge in [0.05, 0.1) is 18.8 Å². The molecule has 1 aliphatic rings. The summed E-state index contributed by atoms with van der Waals surface area (Å²) in [6.07, 6.45) is 5.22. The average Bonchev–Trinajstić information content (AvgIpc) is 2.54. The molecule has 94 valence electrons. The molecule has 1 aromatic rings. The van der Waals surface area contributed by atoms with E-state index in [1.807, 2.05) is 5.38 Å². The SMILES string of the molecule is O=C([O-])Cc1csc(C[NH+]2CCCCCC2)n1. The van der Waals surface area contributed by atoms with Gasteiger partial charge in [0, 0.05) is 17.8 Å². The zero-order valence-corrected chi connectivity index (χ0v) is 10.7. The number of likely N-dealkylation sites (tertiary alicyclic amines) is 1. The highest BCUT2D eigenvalue weighted by Crippen LogP contribution is 2.09. The first-order chi connectivity index (χ1) is 8.24. The lowest BCUT2D eigenvalue weighted by Crippen LogP contribution is -3.10. The Balaban J connectivity index is 1.89. The summed E-state index contributed by atoms with van der Waals surface area (Å²) in [6.45, 7) is 3.38. The molecule has 0 radical (unpaired) electrons. The quantitative estimate of drug-likeness (QED) is 0.780. The van der Waals surface area contributed by atoms with Crippen LogP contribution in [0, 0.1) is 0 Å². The standard InChI is InChI=1S/C12H18N2O2S/c15-12(16)7-10-9-17-11(13-10)8-14-5-3-1-2-4-6-14/h9H,1-8H2,(H,15,16). The number of rotatable bonds is 4. The molecule has 1 N–H and O–H groups in total. The molecule has 1 fully saturated rings. The van der Waals surface area contributed by atoms with Gasteiger partial charge in [-0.05, 0) is 25.7 Å². The van der Waals surface area contributed by atoms with Gasteiger partial charge in [-0.25, -0.2) is 4.98 Å². The van der Waals surface area contributed by atoms with Crippen LogP contribution in [0.5, 0.6) is 0 Å². The van der Waals surface area contributed by atoms with E-state index in [2.05, 4.69) is 4.98 Å². The van der Waals surface area contributed by atoms with Crippen LogP contribution >= 0.6 is 11.3 Å². The third kappa shape index (κ3) is 4.09. The van der Waals surface area contributed by atoms with E-state index in [9.17, 15) is 9.90 Å². The van der Waals surface area contributed by atoms with E-state index in [4.69, 9.17) is 0 Å². The van der Waals surface area contributed by atoms with E-state index in [1.165, 1.54) is 38.8 Å². The van der Waals surface area contributed by atoms with Crippen LogP contribution < -0.4 is 10.0 Å². The molecule has 0 aliphatic carbocycles. The van der Waals surface area contributed by atoms with Crippen LogP contribution in [0.2, 0.25) is 0 Å². The predicted octanol–water partition coefficient (Wildman–Crippen LogP) is -0.606. The normalized spacial score (nSPS) is 17.9. The van der Waals surface area contributed by atoms with Crippen molar-refractivity contribution in [2.45, 2.75) is 38.6 Å². The van der Waals surface area contributed by atoms with Crippen LogP contribution in [-0.4, -0.2) is 24.0 Å². The number of quaternary nitrogens is 1. The monoisotopic (exact) mass is 254 g/mol. The summed E-state index contributed by atoms with van der Waals surface area (Å²) >= 11 is 1.57. The van der Waals surface area contributed by atoms with Crippen LogP contribution in [-0.2, 0) is 17.8 Å². The molecule has 1 aromatic heterocycles. The van der Waals surface area contributed by atoms with E-state index in [0.29, 0.717) is 5.69 Å². The Hall–Kier alpha value is -0.940. The number of carboxylic acids is 1. The van der Waals surface area contributed by atoms with Gasteiger partial charge in [-0.1, -0.05) is 0 Å². The number of carbonyl (C=O) groups is 1. The topological polar surface area (TPSA) is 57.5 Å². The zero-order valence-electron chi connectivity index (χ0n) is 9.91. The lowest BCUT2D eigenvalue weighted by molar-refractivity contribution is -0.913. The summed E-state index contributed by atoms with van der Waals surface area (Å²) in [5, 5.41) is 13.4. The van der Waals surface area contributed by atoms with Crippen molar-refractivity contribution in [1.29, 1.82) is 0 Å². The van der Waals surface area contributed by atoms with Gasteiger partial charge in [0.25, 0.3) is 0 Å². The fourth-order valence-electron chi connectivity index (χ4n) is 2.28. The van der Waals surface area contributed by atoms with Crippen molar-refractivity contribution in [3.8, 4) is 0 Å². The molecule has 4 nitrogen and oxygen atoms in total. The lowest BCUT2D eigenvalue weighted by Gasteiger charge is -2.14. The van der Waals surface area contributed by atoms with E-state index in [0.717, 1.165) is 11.6 Å². The summed E-state index contributed by atoms with van der Waals surface area (Å²) < 4.78 is 0. The van der Waals surface area contributed by atoms with E-state index in [1.54, 1.807) is 16.2 Å². The fraction of sp³-hybridized carbons (Fsp3) is 0.667. The zero-order chi connectivity index (χ0) is 12.1. The van der Waals surface area contributed by atoms with Gasteiger partial charge in [0.15, 0.2) is 0 Å². The van der Waals surface area contributed by atoms with Crippen LogP contribution in [0.15, 0.2) is 5.38 Å². The molecule has 1 saturated heterocycles. The maximum absolute atomic E-state index is 10.5. The lowest BCUT2D eigenvalue weighted by atomic mass is 10.2. The molecule has 0 atom stereocenters. The minimum absolute atomic E-state index is 0.0637. The minimum Gasteiger partial charge on any atom is -0.550 e. The summed E-state index contributed by atoms with van der Waals surface area (Å²) in [4.78, 5) is 16.4. The summed E-state index contributed by atoms with van der Waals surface area (Å²) in [7, 11) is 0. The first-order valence-electron chi connectivity index (χ1n) is 6.21. The van der Waals surface area contributed by atoms with Gasteiger partial charge in [0.2, 0.25) is 0 Å². The average molecular weight is 254 g/mol. The van der Waals surface area contributed by atoms with Crippen molar-refractivity contribution in [3.05, 3.63) is 16.1 Å². The minimum atomic E-state index is -1.05. The Kier molecular flexibility index (Phi) is 4.50. The number of nitrogens with one attached hydrogen (secondary N) is 1. The van der Waals surface area contributed by atoms with E-state index in [-0.39, 0.29) is 6.42 Å². The smallest absolute Gasteiger partial charge is 0.147 e. The molecule has 2 rings (SSSR count).